The Balaban J connectivity index is 2.19. The third kappa shape index (κ3) is 4.68. The van der Waals surface area contributed by atoms with Crippen LogP contribution < -0.4 is 0 Å². The van der Waals surface area contributed by atoms with Crippen LogP contribution in [0, 0.1) is 0 Å². The number of H-pyrrole nitrogens is 1. The minimum Gasteiger partial charge on any atom is -0.478 e. The van der Waals surface area contributed by atoms with E-state index < -0.39 is 11.9 Å². The van der Waals surface area contributed by atoms with E-state index in [2.05, 4.69) is 15.2 Å². The van der Waals surface area contributed by atoms with Gasteiger partial charge in [0.2, 0.25) is 5.16 Å². The molecule has 0 amide bonds. The minimum absolute atomic E-state index is 0.0510. The number of carboxylic acid groups (broad SMARTS) is 2. The van der Waals surface area contributed by atoms with Gasteiger partial charge in [-0.3, -0.25) is 5.10 Å². The van der Waals surface area contributed by atoms with Crippen LogP contribution in [0.2, 0.25) is 0 Å². The number of carboxylic acids is 2. The van der Waals surface area contributed by atoms with Crippen molar-refractivity contribution >= 4 is 29.8 Å². The molecule has 0 saturated heterocycles. The summed E-state index contributed by atoms with van der Waals surface area (Å²) in [6.45, 7) is 2.01. The fraction of sp³-hybridized carbons (Fsp3) is 0.200. The molecule has 0 radical (unpaired) electrons. The number of aromatic amines is 1. The highest BCUT2D eigenvalue weighted by Crippen LogP contribution is 2.26. The van der Waals surface area contributed by atoms with Gasteiger partial charge in [-0.25, -0.2) is 14.6 Å². The molecular weight excluding hydrogens is 318 g/mol. The molecule has 0 aliphatic rings. The van der Waals surface area contributed by atoms with E-state index in [9.17, 15) is 14.7 Å². The van der Waals surface area contributed by atoms with Crippen molar-refractivity contribution in [1.29, 1.82) is 0 Å². The fourth-order valence-electron chi connectivity index (χ4n) is 1.78. The summed E-state index contributed by atoms with van der Waals surface area (Å²) in [5, 5.41) is 25.2. The lowest BCUT2D eigenvalue weighted by Crippen LogP contribution is -1.98. The molecule has 1 heterocycles. The predicted molar refractivity (Wildman–Crippen MR) is 85.2 cm³/mol. The van der Waals surface area contributed by atoms with Gasteiger partial charge in [-0.2, -0.15) is 0 Å². The van der Waals surface area contributed by atoms with E-state index in [1.54, 1.807) is 12.1 Å². The van der Waals surface area contributed by atoms with Gasteiger partial charge in [0.25, 0.3) is 0 Å². The Labute approximate surface area is 136 Å². The summed E-state index contributed by atoms with van der Waals surface area (Å²) in [6.07, 6.45) is 3.11. The van der Waals surface area contributed by atoms with E-state index in [1.807, 2.05) is 6.92 Å². The smallest absolute Gasteiger partial charge is 0.342 e. The number of hydrogen-bond acceptors (Lipinski definition) is 5. The number of aryl methyl sites for hydroxylation is 1. The quantitative estimate of drug-likeness (QED) is 0.527. The first-order valence-electron chi connectivity index (χ1n) is 6.87. The third-order valence-corrected chi connectivity index (χ3v) is 3.74. The molecule has 8 heteroatoms. The molecule has 2 aromatic rings. The predicted octanol–water partition coefficient (Wildman–Crippen LogP) is 2.67. The number of hydrogen-bond donors (Lipinski definition) is 3. The van der Waals surface area contributed by atoms with Crippen molar-refractivity contribution in [2.75, 3.05) is 0 Å². The largest absolute Gasteiger partial charge is 0.478 e. The molecule has 0 fully saturated rings. The van der Waals surface area contributed by atoms with E-state index in [4.69, 9.17) is 5.11 Å². The van der Waals surface area contributed by atoms with Gasteiger partial charge in [0.15, 0.2) is 0 Å². The summed E-state index contributed by atoms with van der Waals surface area (Å²) >= 11 is 0.941. The lowest BCUT2D eigenvalue weighted by molar-refractivity contribution is -0.131. The molecule has 1 aromatic heterocycles. The van der Waals surface area contributed by atoms with Crippen LogP contribution in [0.4, 0.5) is 0 Å². The van der Waals surface area contributed by atoms with Gasteiger partial charge < -0.3 is 10.2 Å². The van der Waals surface area contributed by atoms with E-state index in [0.29, 0.717) is 16.5 Å². The summed E-state index contributed by atoms with van der Waals surface area (Å²) in [5.41, 5.74) is 0.731. The van der Waals surface area contributed by atoms with Crippen LogP contribution in [0.3, 0.4) is 0 Å². The summed E-state index contributed by atoms with van der Waals surface area (Å²) in [7, 11) is 0. The Kier molecular flexibility index (Phi) is 5.53. The van der Waals surface area contributed by atoms with Crippen molar-refractivity contribution in [3.05, 3.63) is 46.1 Å². The average molecular weight is 333 g/mol. The molecule has 0 aliphatic carbocycles. The van der Waals surface area contributed by atoms with Gasteiger partial charge in [0.1, 0.15) is 10.7 Å². The topological polar surface area (TPSA) is 116 Å². The maximum atomic E-state index is 11.4. The number of aromatic nitrogens is 3. The normalized spacial score (nSPS) is 11.4. The van der Waals surface area contributed by atoms with Crippen LogP contribution in [0.25, 0.3) is 6.08 Å². The number of benzene rings is 1. The van der Waals surface area contributed by atoms with Gasteiger partial charge in [-0.1, -0.05) is 19.1 Å². The average Bonchev–Trinajstić information content (AvgIpc) is 2.95. The second-order valence-corrected chi connectivity index (χ2v) is 5.67. The van der Waals surface area contributed by atoms with Crippen molar-refractivity contribution in [3.63, 3.8) is 0 Å². The van der Waals surface area contributed by atoms with E-state index in [-0.39, 0.29) is 10.5 Å². The molecule has 1 aromatic carbocycles. The Morgan fingerprint density at radius 1 is 1.26 bits per heavy atom. The minimum atomic E-state index is -1.10. The number of rotatable bonds is 7. The Morgan fingerprint density at radius 3 is 2.52 bits per heavy atom. The molecule has 3 N–H and O–H groups in total. The Bertz CT molecular complexity index is 737. The first kappa shape index (κ1) is 16.8. The zero-order chi connectivity index (χ0) is 16.8. The molecule has 0 saturated carbocycles. The first-order valence-corrected chi connectivity index (χ1v) is 7.68. The van der Waals surface area contributed by atoms with Gasteiger partial charge >= 0.3 is 11.9 Å². The summed E-state index contributed by atoms with van der Waals surface area (Å²) in [4.78, 5) is 26.4. The molecule has 7 nitrogen and oxygen atoms in total. The number of nitrogens with zero attached hydrogens (tertiary/aromatic N) is 2. The maximum Gasteiger partial charge on any atom is 0.342 e. The summed E-state index contributed by atoms with van der Waals surface area (Å²) < 4.78 is 0. The summed E-state index contributed by atoms with van der Waals surface area (Å²) in [6, 6.07) is 5.94. The van der Waals surface area contributed by atoms with Gasteiger partial charge in [0, 0.05) is 6.42 Å². The van der Waals surface area contributed by atoms with Crippen LogP contribution in [0.1, 0.15) is 35.1 Å². The maximum absolute atomic E-state index is 11.4. The first-order chi connectivity index (χ1) is 11.0. The van der Waals surface area contributed by atoms with E-state index >= 15 is 0 Å². The van der Waals surface area contributed by atoms with E-state index in [0.717, 1.165) is 24.6 Å². The van der Waals surface area contributed by atoms with E-state index in [1.165, 1.54) is 18.2 Å². The second-order valence-electron chi connectivity index (χ2n) is 4.66. The molecule has 0 aliphatic heterocycles. The van der Waals surface area contributed by atoms with Crippen molar-refractivity contribution < 1.29 is 19.8 Å². The molecular formula is C15H15N3O4S. The van der Waals surface area contributed by atoms with Crippen LogP contribution in [0.5, 0.6) is 0 Å². The van der Waals surface area contributed by atoms with Crippen molar-refractivity contribution in [2.45, 2.75) is 24.9 Å². The zero-order valence-corrected chi connectivity index (χ0v) is 13.1. The van der Waals surface area contributed by atoms with Crippen LogP contribution in [-0.4, -0.2) is 37.3 Å². The van der Waals surface area contributed by atoms with Crippen molar-refractivity contribution in [1.82, 2.24) is 15.2 Å². The molecule has 120 valence electrons. The van der Waals surface area contributed by atoms with Gasteiger partial charge in [0.05, 0.1) is 5.56 Å². The van der Waals surface area contributed by atoms with Crippen molar-refractivity contribution in [3.8, 4) is 0 Å². The molecule has 0 bridgehead atoms. The molecule has 0 spiro atoms. The monoisotopic (exact) mass is 333 g/mol. The molecule has 0 atom stereocenters. The molecule has 23 heavy (non-hydrogen) atoms. The van der Waals surface area contributed by atoms with Crippen LogP contribution >= 0.6 is 11.8 Å². The SMILES string of the molecule is CCCc1nc(S/C(=C\c2ccc(C(=O)O)cc2)C(=O)O)n[nH]1. The van der Waals surface area contributed by atoms with Crippen molar-refractivity contribution in [2.24, 2.45) is 0 Å². The standard InChI is InChI=1S/C15H15N3O4S/c1-2-3-12-16-15(18-17-12)23-11(14(21)22)8-9-4-6-10(7-5-9)13(19)20/h4-8H,2-3H2,1H3,(H,19,20)(H,21,22)(H,16,17,18)/b11-8-. The third-order valence-electron chi connectivity index (χ3n) is 2.87. The highest BCUT2D eigenvalue weighted by atomic mass is 32.2. The number of aliphatic carboxylic acids is 1. The van der Waals surface area contributed by atoms with Crippen LogP contribution in [-0.2, 0) is 11.2 Å². The molecule has 2 rings (SSSR count). The zero-order valence-electron chi connectivity index (χ0n) is 12.3. The Hall–Kier alpha value is -2.61. The van der Waals surface area contributed by atoms with Gasteiger partial charge in [-0.05, 0) is 42.0 Å². The number of nitrogens with one attached hydrogen (secondary N) is 1. The lowest BCUT2D eigenvalue weighted by Gasteiger charge is -2.00. The Morgan fingerprint density at radius 2 is 1.96 bits per heavy atom. The van der Waals surface area contributed by atoms with Gasteiger partial charge in [-0.15, -0.1) is 5.10 Å². The number of carbonyl (C=O) groups is 2. The fourth-order valence-corrected chi connectivity index (χ4v) is 2.50. The van der Waals surface area contributed by atoms with Crippen LogP contribution in [0.15, 0.2) is 34.3 Å². The molecule has 0 unspecified atom stereocenters. The highest BCUT2D eigenvalue weighted by molar-refractivity contribution is 8.04. The summed E-state index contributed by atoms with van der Waals surface area (Å²) in [5.74, 6) is -1.41. The number of aromatic carboxylic acids is 1. The lowest BCUT2D eigenvalue weighted by atomic mass is 10.1. The number of thioether (sulfide) groups is 1. The second kappa shape index (κ2) is 7.59. The highest BCUT2D eigenvalue weighted by Gasteiger charge is 2.13.